The Bertz CT molecular complexity index is 650. The zero-order chi connectivity index (χ0) is 14.8. The first-order valence-corrected chi connectivity index (χ1v) is 7.35. The molecule has 2 aromatic rings. The number of carbonyl (C=O) groups is 1. The highest BCUT2D eigenvalue weighted by Gasteiger charge is 2.24. The van der Waals surface area contributed by atoms with Crippen LogP contribution in [-0.2, 0) is 0 Å². The highest BCUT2D eigenvalue weighted by atomic mass is 16.5. The van der Waals surface area contributed by atoms with Crippen molar-refractivity contribution in [3.05, 3.63) is 23.5 Å². The third-order valence-electron chi connectivity index (χ3n) is 4.06. The lowest BCUT2D eigenvalue weighted by molar-refractivity contribution is 0.0674. The second-order valence-electron chi connectivity index (χ2n) is 5.66. The lowest BCUT2D eigenvalue weighted by Crippen LogP contribution is -2.42. The van der Waals surface area contributed by atoms with Crippen molar-refractivity contribution in [2.24, 2.45) is 5.92 Å². The summed E-state index contributed by atoms with van der Waals surface area (Å²) in [6, 6.07) is 1.83. The highest BCUT2D eigenvalue weighted by Crippen LogP contribution is 2.21. The molecule has 0 radical (unpaired) electrons. The van der Waals surface area contributed by atoms with E-state index in [0.29, 0.717) is 17.2 Å². The van der Waals surface area contributed by atoms with Crippen LogP contribution in [0.25, 0.3) is 11.1 Å². The van der Waals surface area contributed by atoms with Crippen LogP contribution in [0.4, 0.5) is 0 Å². The largest absolute Gasteiger partial charge is 0.338 e. The minimum absolute atomic E-state index is 0.0470. The predicted molar refractivity (Wildman–Crippen MR) is 79.1 cm³/mol. The van der Waals surface area contributed by atoms with Crippen LogP contribution in [0.3, 0.4) is 0 Å². The number of aryl methyl sites for hydroxylation is 1. The Hall–Kier alpha value is -1.95. The van der Waals surface area contributed by atoms with Gasteiger partial charge in [0, 0.05) is 19.3 Å². The maximum absolute atomic E-state index is 12.6. The molecule has 1 amide bonds. The summed E-state index contributed by atoms with van der Waals surface area (Å²) in [7, 11) is 1.95. The van der Waals surface area contributed by atoms with E-state index < -0.39 is 0 Å². The monoisotopic (exact) mass is 288 g/mol. The second kappa shape index (κ2) is 5.81. The maximum Gasteiger partial charge on any atom is 0.257 e. The third kappa shape index (κ3) is 2.76. The fourth-order valence-corrected chi connectivity index (χ4v) is 2.95. The Balaban J connectivity index is 1.80. The molecule has 112 valence electrons. The zero-order valence-corrected chi connectivity index (χ0v) is 12.4. The number of fused-ring (bicyclic) bond motifs is 1. The van der Waals surface area contributed by atoms with E-state index in [9.17, 15) is 4.79 Å². The smallest absolute Gasteiger partial charge is 0.257 e. The van der Waals surface area contributed by atoms with Gasteiger partial charge < -0.3 is 14.7 Å². The molecule has 0 aromatic carbocycles. The Morgan fingerprint density at radius 3 is 3.24 bits per heavy atom. The van der Waals surface area contributed by atoms with E-state index in [0.717, 1.165) is 37.1 Å². The van der Waals surface area contributed by atoms with Crippen molar-refractivity contribution in [2.45, 2.75) is 19.8 Å². The minimum Gasteiger partial charge on any atom is -0.338 e. The molecule has 1 atom stereocenters. The predicted octanol–water partition coefficient (Wildman–Crippen LogP) is 1.60. The molecule has 1 saturated heterocycles. The standard InChI is InChI=1S/C15H20N4O2/c1-10-13-6-12(8-17-14(13)21-18-10)15(20)19-5-3-4-11(9-19)7-16-2/h6,8,11,16H,3-5,7,9H2,1-2H3. The van der Waals surface area contributed by atoms with Gasteiger partial charge in [-0.3, -0.25) is 4.79 Å². The van der Waals surface area contributed by atoms with Crippen molar-refractivity contribution in [1.82, 2.24) is 20.4 Å². The van der Waals surface area contributed by atoms with Crippen LogP contribution in [0.5, 0.6) is 0 Å². The normalized spacial score (nSPS) is 19.1. The summed E-state index contributed by atoms with van der Waals surface area (Å²) < 4.78 is 5.08. The van der Waals surface area contributed by atoms with Gasteiger partial charge in [-0.2, -0.15) is 0 Å². The van der Waals surface area contributed by atoms with Crippen molar-refractivity contribution in [3.8, 4) is 0 Å². The Kier molecular flexibility index (Phi) is 3.88. The summed E-state index contributed by atoms with van der Waals surface area (Å²) in [5, 5.41) is 7.88. The minimum atomic E-state index is 0.0470. The number of nitrogens with zero attached hydrogens (tertiary/aromatic N) is 3. The number of aromatic nitrogens is 2. The number of hydrogen-bond acceptors (Lipinski definition) is 5. The fourth-order valence-electron chi connectivity index (χ4n) is 2.95. The van der Waals surface area contributed by atoms with Gasteiger partial charge in [-0.15, -0.1) is 0 Å². The summed E-state index contributed by atoms with van der Waals surface area (Å²) in [4.78, 5) is 18.8. The van der Waals surface area contributed by atoms with Crippen molar-refractivity contribution in [1.29, 1.82) is 0 Å². The molecule has 1 N–H and O–H groups in total. The molecule has 1 aliphatic heterocycles. The summed E-state index contributed by atoms with van der Waals surface area (Å²) in [5.74, 6) is 0.576. The number of likely N-dealkylation sites (tertiary alicyclic amines) is 1. The van der Waals surface area contributed by atoms with Gasteiger partial charge in [0.15, 0.2) is 0 Å². The molecule has 1 fully saturated rings. The Labute approximate surface area is 123 Å². The summed E-state index contributed by atoms with van der Waals surface area (Å²) in [6.07, 6.45) is 3.81. The van der Waals surface area contributed by atoms with E-state index in [1.807, 2.05) is 24.9 Å². The van der Waals surface area contributed by atoms with Gasteiger partial charge >= 0.3 is 0 Å². The lowest BCUT2D eigenvalue weighted by atomic mass is 9.97. The topological polar surface area (TPSA) is 71.3 Å². The van der Waals surface area contributed by atoms with Gasteiger partial charge in [0.05, 0.1) is 16.6 Å². The summed E-state index contributed by atoms with van der Waals surface area (Å²) in [6.45, 7) is 4.43. The third-order valence-corrected chi connectivity index (χ3v) is 4.06. The van der Waals surface area contributed by atoms with Crippen LogP contribution in [0.15, 0.2) is 16.8 Å². The second-order valence-corrected chi connectivity index (χ2v) is 5.66. The summed E-state index contributed by atoms with van der Waals surface area (Å²) >= 11 is 0. The van der Waals surface area contributed by atoms with Crippen molar-refractivity contribution < 1.29 is 9.32 Å². The first kappa shape index (κ1) is 14.0. The number of pyridine rings is 1. The Morgan fingerprint density at radius 1 is 1.57 bits per heavy atom. The molecule has 6 nitrogen and oxygen atoms in total. The van der Waals surface area contributed by atoms with Gasteiger partial charge in [-0.1, -0.05) is 5.16 Å². The number of amides is 1. The zero-order valence-electron chi connectivity index (χ0n) is 12.4. The molecule has 2 aromatic heterocycles. The van der Waals surface area contributed by atoms with E-state index in [4.69, 9.17) is 4.52 Å². The molecule has 1 aliphatic rings. The molecular weight excluding hydrogens is 268 g/mol. The van der Waals surface area contributed by atoms with Crippen molar-refractivity contribution in [3.63, 3.8) is 0 Å². The fraction of sp³-hybridized carbons (Fsp3) is 0.533. The van der Waals surface area contributed by atoms with Gasteiger partial charge in [-0.25, -0.2) is 4.98 Å². The molecular formula is C15H20N4O2. The van der Waals surface area contributed by atoms with Crippen LogP contribution in [0.2, 0.25) is 0 Å². The van der Waals surface area contributed by atoms with E-state index in [2.05, 4.69) is 15.5 Å². The molecule has 6 heteroatoms. The van der Waals surface area contributed by atoms with Gasteiger partial charge in [-0.05, 0) is 45.3 Å². The Morgan fingerprint density at radius 2 is 2.43 bits per heavy atom. The van der Waals surface area contributed by atoms with Crippen molar-refractivity contribution >= 4 is 17.0 Å². The number of piperidine rings is 1. The first-order chi connectivity index (χ1) is 10.2. The van der Waals surface area contributed by atoms with Crippen LogP contribution in [0, 0.1) is 12.8 Å². The van der Waals surface area contributed by atoms with E-state index in [-0.39, 0.29) is 5.91 Å². The van der Waals surface area contributed by atoms with Gasteiger partial charge in [0.1, 0.15) is 0 Å². The SMILES string of the molecule is CNCC1CCCN(C(=O)c2cnc3onc(C)c3c2)C1. The van der Waals surface area contributed by atoms with Gasteiger partial charge in [0.2, 0.25) is 0 Å². The molecule has 0 saturated carbocycles. The van der Waals surface area contributed by atoms with Crippen LogP contribution < -0.4 is 5.32 Å². The summed E-state index contributed by atoms with van der Waals surface area (Å²) in [5.41, 5.74) is 1.86. The molecule has 21 heavy (non-hydrogen) atoms. The number of rotatable bonds is 3. The molecule has 1 unspecified atom stereocenters. The number of carbonyl (C=O) groups excluding carboxylic acids is 1. The molecule has 0 spiro atoms. The van der Waals surface area contributed by atoms with Crippen LogP contribution in [0.1, 0.15) is 28.9 Å². The quantitative estimate of drug-likeness (QED) is 0.929. The van der Waals surface area contributed by atoms with Gasteiger partial charge in [0.25, 0.3) is 11.6 Å². The average molecular weight is 288 g/mol. The van der Waals surface area contributed by atoms with Crippen molar-refractivity contribution in [2.75, 3.05) is 26.7 Å². The molecule has 0 aliphatic carbocycles. The molecule has 3 heterocycles. The van der Waals surface area contributed by atoms with Crippen LogP contribution in [-0.4, -0.2) is 47.6 Å². The molecule has 0 bridgehead atoms. The lowest BCUT2D eigenvalue weighted by Gasteiger charge is -2.32. The number of nitrogens with one attached hydrogen (secondary N) is 1. The highest BCUT2D eigenvalue weighted by molar-refractivity contribution is 5.97. The van der Waals surface area contributed by atoms with Crippen LogP contribution >= 0.6 is 0 Å². The van der Waals surface area contributed by atoms with E-state index in [1.165, 1.54) is 6.42 Å². The maximum atomic E-state index is 12.6. The molecule has 3 rings (SSSR count). The number of hydrogen-bond donors (Lipinski definition) is 1. The first-order valence-electron chi connectivity index (χ1n) is 7.35. The van der Waals surface area contributed by atoms with E-state index in [1.54, 1.807) is 6.20 Å². The van der Waals surface area contributed by atoms with E-state index >= 15 is 0 Å². The average Bonchev–Trinajstić information content (AvgIpc) is 2.88.